The van der Waals surface area contributed by atoms with Crippen molar-refractivity contribution in [2.75, 3.05) is 40.3 Å². The predicted octanol–water partition coefficient (Wildman–Crippen LogP) is 3.33. The molecule has 0 N–H and O–H groups in total. The van der Waals surface area contributed by atoms with E-state index in [4.69, 9.17) is 0 Å². The van der Waals surface area contributed by atoms with Gasteiger partial charge in [-0.25, -0.2) is 0 Å². The molecule has 0 amide bonds. The van der Waals surface area contributed by atoms with Crippen LogP contribution in [0.5, 0.6) is 0 Å². The van der Waals surface area contributed by atoms with Crippen LogP contribution in [0, 0.1) is 0 Å². The van der Waals surface area contributed by atoms with E-state index in [0.29, 0.717) is 0 Å². The van der Waals surface area contributed by atoms with E-state index >= 15 is 0 Å². The van der Waals surface area contributed by atoms with Crippen LogP contribution in [0.15, 0.2) is 0 Å². The lowest BCUT2D eigenvalue weighted by Crippen LogP contribution is -2.26. The van der Waals surface area contributed by atoms with Crippen LogP contribution in [0.3, 0.4) is 0 Å². The third kappa shape index (κ3) is 20.1. The molecule has 0 fully saturated rings. The maximum absolute atomic E-state index is 2.46. The van der Waals surface area contributed by atoms with E-state index in [2.05, 4.69) is 37.7 Å². The van der Waals surface area contributed by atoms with Gasteiger partial charge in [-0.15, -0.1) is 0 Å². The Hall–Kier alpha value is -0.0800. The molecule has 0 aliphatic carbocycles. The van der Waals surface area contributed by atoms with Gasteiger partial charge in [-0.2, -0.15) is 0 Å². The standard InChI is InChI=1S/C9H22N2.2C2H6/c1-5-11(6-2)9-7-8-10(3)4;2*1-2/h5-9H2,1-4H3;2*1-2H3. The van der Waals surface area contributed by atoms with Gasteiger partial charge in [0.05, 0.1) is 0 Å². The molecule has 0 spiro atoms. The first kappa shape index (κ1) is 20.3. The summed E-state index contributed by atoms with van der Waals surface area (Å²) in [6.45, 7) is 17.3. The third-order valence-corrected chi connectivity index (χ3v) is 1.97. The number of nitrogens with zero attached hydrogens (tertiary/aromatic N) is 2. The van der Waals surface area contributed by atoms with E-state index in [0.717, 1.165) is 0 Å². The molecule has 15 heavy (non-hydrogen) atoms. The summed E-state index contributed by atoms with van der Waals surface area (Å²) >= 11 is 0. The molecule has 0 aromatic carbocycles. The number of rotatable bonds is 6. The average molecular weight is 218 g/mol. The fourth-order valence-electron chi connectivity index (χ4n) is 1.15. The van der Waals surface area contributed by atoms with Gasteiger partial charge in [-0.05, 0) is 46.7 Å². The van der Waals surface area contributed by atoms with Gasteiger partial charge in [-0.3, -0.25) is 0 Å². The highest BCUT2D eigenvalue weighted by Gasteiger charge is 1.97. The first-order valence-electron chi connectivity index (χ1n) is 6.57. The zero-order chi connectivity index (χ0) is 12.7. The second-order valence-electron chi connectivity index (χ2n) is 3.18. The monoisotopic (exact) mass is 218 g/mol. The third-order valence-electron chi connectivity index (χ3n) is 1.97. The van der Waals surface area contributed by atoms with Gasteiger partial charge in [0, 0.05) is 0 Å². The molecule has 0 aliphatic rings. The SMILES string of the molecule is CC.CC.CCN(CC)CCCN(C)C. The van der Waals surface area contributed by atoms with Crippen LogP contribution in [0.1, 0.15) is 48.0 Å². The molecular weight excluding hydrogens is 184 g/mol. The number of hydrogen-bond donors (Lipinski definition) is 0. The summed E-state index contributed by atoms with van der Waals surface area (Å²) in [6, 6.07) is 0. The van der Waals surface area contributed by atoms with Crippen molar-refractivity contribution in [3.63, 3.8) is 0 Å². The van der Waals surface area contributed by atoms with Crippen LogP contribution in [0.4, 0.5) is 0 Å². The van der Waals surface area contributed by atoms with Crippen LogP contribution in [-0.4, -0.2) is 50.1 Å². The molecular formula is C13H34N2. The average Bonchev–Trinajstić information content (AvgIpc) is 2.29. The highest BCUT2D eigenvalue weighted by Crippen LogP contribution is 1.91. The fourth-order valence-corrected chi connectivity index (χ4v) is 1.15. The summed E-state index contributed by atoms with van der Waals surface area (Å²) in [7, 11) is 4.25. The Bertz CT molecular complexity index is 78.6. The van der Waals surface area contributed by atoms with Gasteiger partial charge < -0.3 is 9.80 Å². The lowest BCUT2D eigenvalue weighted by atomic mass is 10.3. The van der Waals surface area contributed by atoms with Crippen molar-refractivity contribution in [1.29, 1.82) is 0 Å². The van der Waals surface area contributed by atoms with Crippen molar-refractivity contribution in [2.24, 2.45) is 0 Å². The molecule has 0 radical (unpaired) electrons. The predicted molar refractivity (Wildman–Crippen MR) is 73.7 cm³/mol. The molecule has 0 unspecified atom stereocenters. The molecule has 2 nitrogen and oxygen atoms in total. The van der Waals surface area contributed by atoms with Crippen LogP contribution in [-0.2, 0) is 0 Å². The quantitative estimate of drug-likeness (QED) is 0.675. The molecule has 0 heterocycles. The van der Waals surface area contributed by atoms with E-state index in [1.165, 1.54) is 32.6 Å². The summed E-state index contributed by atoms with van der Waals surface area (Å²) in [6.07, 6.45) is 1.29. The first-order chi connectivity index (χ1) is 7.20. The van der Waals surface area contributed by atoms with E-state index in [-0.39, 0.29) is 0 Å². The number of hydrogen-bond acceptors (Lipinski definition) is 2. The van der Waals surface area contributed by atoms with Crippen LogP contribution in [0.2, 0.25) is 0 Å². The smallest absolute Gasteiger partial charge is 0.000678 e. The minimum absolute atomic E-state index is 1.18. The largest absolute Gasteiger partial charge is 0.309 e. The highest BCUT2D eigenvalue weighted by atomic mass is 15.1. The topological polar surface area (TPSA) is 6.48 Å². The van der Waals surface area contributed by atoms with E-state index in [1.54, 1.807) is 0 Å². The lowest BCUT2D eigenvalue weighted by Gasteiger charge is -2.18. The van der Waals surface area contributed by atoms with Gasteiger partial charge in [-0.1, -0.05) is 41.5 Å². The van der Waals surface area contributed by atoms with Crippen LogP contribution >= 0.6 is 0 Å². The van der Waals surface area contributed by atoms with Gasteiger partial charge in [0.1, 0.15) is 0 Å². The minimum Gasteiger partial charge on any atom is -0.309 e. The molecule has 0 saturated carbocycles. The summed E-state index contributed by atoms with van der Waals surface area (Å²) in [4.78, 5) is 4.70. The Morgan fingerprint density at radius 2 is 1.13 bits per heavy atom. The molecule has 0 bridgehead atoms. The van der Waals surface area contributed by atoms with Gasteiger partial charge in [0.15, 0.2) is 0 Å². The molecule has 0 atom stereocenters. The molecule has 0 aliphatic heterocycles. The molecule has 0 saturated heterocycles. The van der Waals surface area contributed by atoms with Crippen molar-refractivity contribution in [2.45, 2.75) is 48.0 Å². The fraction of sp³-hybridized carbons (Fsp3) is 1.00. The summed E-state index contributed by atoms with van der Waals surface area (Å²) in [5.41, 5.74) is 0. The Balaban J connectivity index is -0.000000318. The van der Waals surface area contributed by atoms with Crippen molar-refractivity contribution < 1.29 is 0 Å². The summed E-state index contributed by atoms with van der Waals surface area (Å²) in [5.74, 6) is 0. The van der Waals surface area contributed by atoms with Gasteiger partial charge >= 0.3 is 0 Å². The Morgan fingerprint density at radius 3 is 1.40 bits per heavy atom. The van der Waals surface area contributed by atoms with Gasteiger partial charge in [0.25, 0.3) is 0 Å². The van der Waals surface area contributed by atoms with Crippen molar-refractivity contribution in [3.05, 3.63) is 0 Å². The normalized spacial score (nSPS) is 9.20. The molecule has 0 aromatic rings. The second kappa shape index (κ2) is 19.5. The summed E-state index contributed by atoms with van der Waals surface area (Å²) < 4.78 is 0. The summed E-state index contributed by atoms with van der Waals surface area (Å²) in [5, 5.41) is 0. The lowest BCUT2D eigenvalue weighted by molar-refractivity contribution is 0.278. The van der Waals surface area contributed by atoms with Crippen molar-refractivity contribution >= 4 is 0 Å². The zero-order valence-corrected chi connectivity index (χ0v) is 12.4. The van der Waals surface area contributed by atoms with E-state index in [9.17, 15) is 0 Å². The Labute approximate surface area is 98.6 Å². The second-order valence-corrected chi connectivity index (χ2v) is 3.18. The van der Waals surface area contributed by atoms with Crippen LogP contribution < -0.4 is 0 Å². The molecule has 96 valence electrons. The van der Waals surface area contributed by atoms with E-state index < -0.39 is 0 Å². The zero-order valence-electron chi connectivity index (χ0n) is 12.4. The molecule has 2 heteroatoms. The maximum atomic E-state index is 2.46. The van der Waals surface area contributed by atoms with Crippen molar-refractivity contribution in [3.8, 4) is 0 Å². The molecule has 0 aromatic heterocycles. The van der Waals surface area contributed by atoms with Crippen molar-refractivity contribution in [1.82, 2.24) is 9.80 Å². The maximum Gasteiger partial charge on any atom is -0.000678 e. The molecule has 0 rings (SSSR count). The van der Waals surface area contributed by atoms with Gasteiger partial charge in [0.2, 0.25) is 0 Å². The van der Waals surface area contributed by atoms with Crippen LogP contribution in [0.25, 0.3) is 0 Å². The van der Waals surface area contributed by atoms with E-state index in [1.807, 2.05) is 27.7 Å². The highest BCUT2D eigenvalue weighted by molar-refractivity contribution is 4.53. The first-order valence-corrected chi connectivity index (χ1v) is 6.57. The Kier molecular flexibility index (Phi) is 26.4. The minimum atomic E-state index is 1.18. The Morgan fingerprint density at radius 1 is 0.733 bits per heavy atom.